The van der Waals surface area contributed by atoms with Crippen molar-refractivity contribution in [1.29, 1.82) is 0 Å². The van der Waals surface area contributed by atoms with E-state index >= 15 is 0 Å². The van der Waals surface area contributed by atoms with Crippen molar-refractivity contribution in [3.63, 3.8) is 0 Å². The van der Waals surface area contributed by atoms with E-state index in [0.29, 0.717) is 5.56 Å². The Kier molecular flexibility index (Phi) is 10.7. The van der Waals surface area contributed by atoms with Gasteiger partial charge in [0, 0.05) is 29.9 Å². The number of aromatic nitrogens is 1. The highest BCUT2D eigenvalue weighted by atomic mass is 16.4. The van der Waals surface area contributed by atoms with E-state index in [4.69, 9.17) is 10.8 Å². The molecular formula is C24H33N5O9. The van der Waals surface area contributed by atoms with Crippen LogP contribution in [0.4, 0.5) is 0 Å². The fourth-order valence-corrected chi connectivity index (χ4v) is 3.66. The highest BCUT2D eigenvalue weighted by Gasteiger charge is 2.33. The topological polar surface area (TPSA) is 244 Å². The van der Waals surface area contributed by atoms with Gasteiger partial charge >= 0.3 is 11.9 Å². The Morgan fingerprint density at radius 1 is 0.895 bits per heavy atom. The Labute approximate surface area is 217 Å². The number of hydrogen-bond acceptors (Lipinski definition) is 8. The molecule has 14 nitrogen and oxygen atoms in total. The van der Waals surface area contributed by atoms with Crippen LogP contribution in [0.25, 0.3) is 10.9 Å². The minimum absolute atomic E-state index is 0.0569. The minimum atomic E-state index is -1.64. The molecule has 0 spiro atoms. The summed E-state index contributed by atoms with van der Waals surface area (Å²) < 4.78 is 0. The van der Waals surface area contributed by atoms with Crippen molar-refractivity contribution in [3.05, 3.63) is 36.0 Å². The third-order valence-corrected chi connectivity index (χ3v) is 5.88. The minimum Gasteiger partial charge on any atom is -0.481 e. The first-order chi connectivity index (χ1) is 17.8. The SMILES string of the molecule is CC(O)C(N)C(=O)NC(Cc1c[nH]c2ccccc12)C(=O)NC(C(=O)NC(CCC(=O)O)C(=O)O)C(C)O. The number of carboxylic acid groups (broad SMARTS) is 2. The summed E-state index contributed by atoms with van der Waals surface area (Å²) in [6.45, 7) is 2.49. The Hall–Kier alpha value is -4.01. The van der Waals surface area contributed by atoms with Gasteiger partial charge in [-0.05, 0) is 31.9 Å². The first kappa shape index (κ1) is 30.2. The average molecular weight is 536 g/mol. The van der Waals surface area contributed by atoms with Gasteiger partial charge in [0.2, 0.25) is 17.7 Å². The standard InChI is InChI=1S/C24H33N5O9/c1-11(30)19(25)22(35)28-17(9-13-10-26-15-6-4-3-5-14(13)15)21(34)29-20(12(2)31)23(36)27-16(24(37)38)7-8-18(32)33/h3-6,10-12,16-17,19-20,26,30-31H,7-9,25H2,1-2H3,(H,27,36)(H,28,35)(H,29,34)(H,32,33)(H,37,38). The van der Waals surface area contributed by atoms with Crippen LogP contribution in [0.3, 0.4) is 0 Å². The number of nitrogens with two attached hydrogens (primary N) is 1. The number of fused-ring (bicyclic) bond motifs is 1. The number of hydrogen-bond donors (Lipinski definition) is 9. The van der Waals surface area contributed by atoms with Crippen LogP contribution >= 0.6 is 0 Å². The molecule has 208 valence electrons. The summed E-state index contributed by atoms with van der Waals surface area (Å²) in [7, 11) is 0. The van der Waals surface area contributed by atoms with Gasteiger partial charge in [-0.2, -0.15) is 0 Å². The van der Waals surface area contributed by atoms with Gasteiger partial charge < -0.3 is 47.1 Å². The molecule has 1 aromatic heterocycles. The predicted molar refractivity (Wildman–Crippen MR) is 134 cm³/mol. The number of carboxylic acids is 2. The number of carbonyl (C=O) groups excluding carboxylic acids is 3. The second-order valence-corrected chi connectivity index (χ2v) is 8.95. The number of rotatable bonds is 14. The van der Waals surface area contributed by atoms with Gasteiger partial charge in [-0.15, -0.1) is 0 Å². The summed E-state index contributed by atoms with van der Waals surface area (Å²) >= 11 is 0. The van der Waals surface area contributed by atoms with E-state index in [1.165, 1.54) is 13.8 Å². The molecule has 1 heterocycles. The van der Waals surface area contributed by atoms with Gasteiger partial charge in [0.05, 0.1) is 12.2 Å². The molecule has 1 aromatic carbocycles. The molecule has 6 atom stereocenters. The van der Waals surface area contributed by atoms with Crippen molar-refractivity contribution in [2.75, 3.05) is 0 Å². The molecule has 2 aromatic rings. The molecule has 10 N–H and O–H groups in total. The highest BCUT2D eigenvalue weighted by Crippen LogP contribution is 2.19. The molecule has 0 aliphatic carbocycles. The molecule has 14 heteroatoms. The smallest absolute Gasteiger partial charge is 0.326 e. The van der Waals surface area contributed by atoms with E-state index in [0.717, 1.165) is 10.9 Å². The molecule has 2 rings (SSSR count). The molecule has 0 saturated carbocycles. The number of amides is 3. The van der Waals surface area contributed by atoms with E-state index in [-0.39, 0.29) is 6.42 Å². The van der Waals surface area contributed by atoms with Crippen LogP contribution in [0.2, 0.25) is 0 Å². The van der Waals surface area contributed by atoms with Gasteiger partial charge in [-0.1, -0.05) is 18.2 Å². The second kappa shape index (κ2) is 13.5. The lowest BCUT2D eigenvalue weighted by Gasteiger charge is -2.26. The maximum Gasteiger partial charge on any atom is 0.326 e. The summed E-state index contributed by atoms with van der Waals surface area (Å²) in [6.07, 6.45) is -2.08. The molecule has 0 aliphatic rings. The Morgan fingerprint density at radius 3 is 2.11 bits per heavy atom. The number of nitrogens with one attached hydrogen (secondary N) is 4. The van der Waals surface area contributed by atoms with Crippen molar-refractivity contribution in [1.82, 2.24) is 20.9 Å². The van der Waals surface area contributed by atoms with Crippen LogP contribution < -0.4 is 21.7 Å². The Bertz CT molecular complexity index is 1160. The molecule has 38 heavy (non-hydrogen) atoms. The zero-order chi connectivity index (χ0) is 28.6. The van der Waals surface area contributed by atoms with E-state index in [2.05, 4.69) is 20.9 Å². The van der Waals surface area contributed by atoms with Crippen molar-refractivity contribution in [3.8, 4) is 0 Å². The number of aliphatic hydroxyl groups excluding tert-OH is 2. The molecule has 0 radical (unpaired) electrons. The second-order valence-electron chi connectivity index (χ2n) is 8.95. The lowest BCUT2D eigenvalue weighted by atomic mass is 10.0. The number of aromatic amines is 1. The van der Waals surface area contributed by atoms with Crippen LogP contribution in [0.1, 0.15) is 32.3 Å². The van der Waals surface area contributed by atoms with Gasteiger partial charge in [0.1, 0.15) is 24.2 Å². The van der Waals surface area contributed by atoms with Crippen molar-refractivity contribution < 1.29 is 44.4 Å². The van der Waals surface area contributed by atoms with Crippen LogP contribution in [-0.4, -0.2) is 91.4 Å². The summed E-state index contributed by atoms with van der Waals surface area (Å²) in [5.41, 5.74) is 7.12. The molecular weight excluding hydrogens is 502 g/mol. The largest absolute Gasteiger partial charge is 0.481 e. The number of aliphatic carboxylic acids is 2. The third kappa shape index (κ3) is 8.26. The quantitative estimate of drug-likeness (QED) is 0.131. The average Bonchev–Trinajstić information content (AvgIpc) is 3.25. The summed E-state index contributed by atoms with van der Waals surface area (Å²) in [5.74, 6) is -5.55. The first-order valence-corrected chi connectivity index (χ1v) is 11.8. The fraction of sp³-hybridized carbons (Fsp3) is 0.458. The molecule has 0 fully saturated rings. The third-order valence-electron chi connectivity index (χ3n) is 5.88. The summed E-state index contributed by atoms with van der Waals surface area (Å²) in [5, 5.41) is 45.6. The van der Waals surface area contributed by atoms with Gasteiger partial charge in [-0.3, -0.25) is 19.2 Å². The summed E-state index contributed by atoms with van der Waals surface area (Å²) in [6, 6.07) is 1.33. The zero-order valence-electron chi connectivity index (χ0n) is 20.9. The van der Waals surface area contributed by atoms with Gasteiger partial charge in [0.15, 0.2) is 0 Å². The van der Waals surface area contributed by atoms with Crippen molar-refractivity contribution >= 4 is 40.6 Å². The molecule has 3 amide bonds. The number of aliphatic hydroxyl groups is 2. The zero-order valence-corrected chi connectivity index (χ0v) is 20.9. The number of H-pyrrole nitrogens is 1. The van der Waals surface area contributed by atoms with Crippen LogP contribution in [0.15, 0.2) is 30.5 Å². The van der Waals surface area contributed by atoms with Crippen LogP contribution in [0.5, 0.6) is 0 Å². The number of benzene rings is 1. The van der Waals surface area contributed by atoms with Crippen LogP contribution in [-0.2, 0) is 30.4 Å². The van der Waals surface area contributed by atoms with Crippen LogP contribution in [0, 0.1) is 0 Å². The van der Waals surface area contributed by atoms with Gasteiger partial charge in [0.25, 0.3) is 0 Å². The molecule has 6 unspecified atom stereocenters. The summed E-state index contributed by atoms with van der Waals surface area (Å²) in [4.78, 5) is 63.9. The lowest BCUT2D eigenvalue weighted by Crippen LogP contribution is -2.60. The van der Waals surface area contributed by atoms with E-state index in [1.807, 2.05) is 12.1 Å². The number of carbonyl (C=O) groups is 5. The molecule has 0 aliphatic heterocycles. The van der Waals surface area contributed by atoms with Crippen molar-refractivity contribution in [2.45, 2.75) is 69.5 Å². The molecule has 0 bridgehead atoms. The Balaban J connectivity index is 2.27. The van der Waals surface area contributed by atoms with E-state index in [1.54, 1.807) is 18.3 Å². The maximum absolute atomic E-state index is 13.3. The number of para-hydroxylation sites is 1. The van der Waals surface area contributed by atoms with Gasteiger partial charge in [-0.25, -0.2) is 4.79 Å². The Morgan fingerprint density at radius 2 is 1.53 bits per heavy atom. The van der Waals surface area contributed by atoms with E-state index in [9.17, 15) is 39.3 Å². The lowest BCUT2D eigenvalue weighted by molar-refractivity contribution is -0.144. The van der Waals surface area contributed by atoms with E-state index < -0.39 is 78.9 Å². The highest BCUT2D eigenvalue weighted by molar-refractivity contribution is 5.95. The maximum atomic E-state index is 13.3. The fourth-order valence-electron chi connectivity index (χ4n) is 3.66. The first-order valence-electron chi connectivity index (χ1n) is 11.8. The predicted octanol–water partition coefficient (Wildman–Crippen LogP) is -1.80. The normalized spacial score (nSPS) is 15.9. The monoisotopic (exact) mass is 535 g/mol. The molecule has 0 saturated heterocycles. The van der Waals surface area contributed by atoms with Crippen molar-refractivity contribution in [2.24, 2.45) is 5.73 Å².